The van der Waals surface area contributed by atoms with Crippen LogP contribution in [-0.4, -0.2) is 32.2 Å². The molecule has 4 heteroatoms. The minimum Gasteiger partial charge on any atom is -0.381 e. The maximum absolute atomic E-state index is 11.9. The Morgan fingerprint density at radius 1 is 1.33 bits per heavy atom. The lowest BCUT2D eigenvalue weighted by molar-refractivity contribution is -0.126. The Labute approximate surface area is 111 Å². The van der Waals surface area contributed by atoms with Crippen molar-refractivity contribution in [3.63, 3.8) is 0 Å². The molecule has 106 valence electrons. The van der Waals surface area contributed by atoms with E-state index >= 15 is 0 Å². The van der Waals surface area contributed by atoms with E-state index in [9.17, 15) is 4.79 Å². The van der Waals surface area contributed by atoms with Crippen LogP contribution in [0.3, 0.4) is 0 Å². The molecule has 0 aromatic rings. The highest BCUT2D eigenvalue weighted by atomic mass is 16.5. The van der Waals surface area contributed by atoms with Crippen molar-refractivity contribution in [2.75, 3.05) is 26.3 Å². The summed E-state index contributed by atoms with van der Waals surface area (Å²) in [7, 11) is 0. The Morgan fingerprint density at radius 3 is 2.83 bits per heavy atom. The molecule has 0 aliphatic heterocycles. The summed E-state index contributed by atoms with van der Waals surface area (Å²) in [5, 5.41) is 3.01. The van der Waals surface area contributed by atoms with Crippen LogP contribution >= 0.6 is 0 Å². The van der Waals surface area contributed by atoms with Gasteiger partial charge in [-0.15, -0.1) is 0 Å². The van der Waals surface area contributed by atoms with Crippen molar-refractivity contribution < 1.29 is 9.53 Å². The van der Waals surface area contributed by atoms with Gasteiger partial charge in [0.05, 0.1) is 0 Å². The molecule has 4 nitrogen and oxygen atoms in total. The number of hydrogen-bond donors (Lipinski definition) is 2. The van der Waals surface area contributed by atoms with Gasteiger partial charge in [0, 0.05) is 25.7 Å². The molecule has 3 N–H and O–H groups in total. The Balaban J connectivity index is 2.03. The maximum atomic E-state index is 11.9. The van der Waals surface area contributed by atoms with Crippen molar-refractivity contribution in [1.29, 1.82) is 0 Å². The zero-order valence-corrected chi connectivity index (χ0v) is 11.6. The number of nitrogens with one attached hydrogen (secondary N) is 1. The predicted molar refractivity (Wildman–Crippen MR) is 73.2 cm³/mol. The van der Waals surface area contributed by atoms with Gasteiger partial charge in [0.2, 0.25) is 5.91 Å². The average Bonchev–Trinajstić information content (AvgIpc) is 2.85. The summed E-state index contributed by atoms with van der Waals surface area (Å²) in [5.74, 6) is 0.735. The van der Waals surface area contributed by atoms with Crippen LogP contribution in [0, 0.1) is 11.8 Å². The molecule has 2 unspecified atom stereocenters. The number of nitrogens with two attached hydrogens (primary N) is 1. The van der Waals surface area contributed by atoms with Gasteiger partial charge in [-0.1, -0.05) is 19.8 Å². The van der Waals surface area contributed by atoms with Gasteiger partial charge in [-0.05, 0) is 38.1 Å². The lowest BCUT2D eigenvalue weighted by atomic mass is 9.95. The Morgan fingerprint density at radius 2 is 2.11 bits per heavy atom. The predicted octanol–water partition coefficient (Wildman–Crippen LogP) is 1.68. The number of unbranched alkanes of at least 4 members (excludes halogenated alkanes) is 1. The summed E-state index contributed by atoms with van der Waals surface area (Å²) < 4.78 is 5.45. The first-order valence-electron chi connectivity index (χ1n) is 7.35. The topological polar surface area (TPSA) is 64.3 Å². The fraction of sp³-hybridized carbons (Fsp3) is 0.929. The maximum Gasteiger partial charge on any atom is 0.223 e. The number of ether oxygens (including phenoxy) is 1. The van der Waals surface area contributed by atoms with Crippen LogP contribution in [-0.2, 0) is 9.53 Å². The molecule has 1 aliphatic rings. The van der Waals surface area contributed by atoms with Crippen molar-refractivity contribution in [2.24, 2.45) is 17.6 Å². The Bertz CT molecular complexity index is 234. The highest BCUT2D eigenvalue weighted by Crippen LogP contribution is 2.30. The molecule has 0 radical (unpaired) electrons. The second-order valence-electron chi connectivity index (χ2n) is 5.14. The van der Waals surface area contributed by atoms with Crippen molar-refractivity contribution in [3.8, 4) is 0 Å². The standard InChI is InChI=1S/C14H28N2O2/c1-2-3-9-18-10-5-8-16-14(17)13-7-4-6-12(13)11-15/h12-13H,2-11,15H2,1H3,(H,16,17). The SMILES string of the molecule is CCCCOCCCNC(=O)C1CCCC1CN. The highest BCUT2D eigenvalue weighted by molar-refractivity contribution is 5.79. The van der Waals surface area contributed by atoms with E-state index in [2.05, 4.69) is 12.2 Å². The summed E-state index contributed by atoms with van der Waals surface area (Å²) in [6, 6.07) is 0. The number of carbonyl (C=O) groups excluding carboxylic acids is 1. The first kappa shape index (κ1) is 15.4. The second kappa shape index (κ2) is 9.34. The minimum atomic E-state index is 0.149. The number of amides is 1. The fourth-order valence-electron chi connectivity index (χ4n) is 2.53. The van der Waals surface area contributed by atoms with Gasteiger partial charge >= 0.3 is 0 Å². The molecule has 1 aliphatic carbocycles. The largest absolute Gasteiger partial charge is 0.381 e. The first-order chi connectivity index (χ1) is 8.79. The van der Waals surface area contributed by atoms with Crippen molar-refractivity contribution in [1.82, 2.24) is 5.32 Å². The molecule has 1 fully saturated rings. The molecule has 0 spiro atoms. The number of carbonyl (C=O) groups is 1. The fourth-order valence-corrected chi connectivity index (χ4v) is 2.53. The normalized spacial score (nSPS) is 23.2. The van der Waals surface area contributed by atoms with Crippen LogP contribution < -0.4 is 11.1 Å². The molecule has 0 bridgehead atoms. The second-order valence-corrected chi connectivity index (χ2v) is 5.14. The summed E-state index contributed by atoms with van der Waals surface area (Å²) in [6.45, 7) is 5.09. The molecule has 1 rings (SSSR count). The molecule has 1 amide bonds. The van der Waals surface area contributed by atoms with Crippen LogP contribution in [0.2, 0.25) is 0 Å². The van der Waals surface area contributed by atoms with Gasteiger partial charge in [-0.3, -0.25) is 4.79 Å². The van der Waals surface area contributed by atoms with Crippen LogP contribution in [0.1, 0.15) is 45.4 Å². The quantitative estimate of drug-likeness (QED) is 0.617. The van der Waals surface area contributed by atoms with E-state index in [1.807, 2.05) is 0 Å². The lowest BCUT2D eigenvalue weighted by Gasteiger charge is -2.17. The monoisotopic (exact) mass is 256 g/mol. The van der Waals surface area contributed by atoms with Gasteiger partial charge in [0.15, 0.2) is 0 Å². The third-order valence-electron chi connectivity index (χ3n) is 3.71. The van der Waals surface area contributed by atoms with Gasteiger partial charge in [-0.2, -0.15) is 0 Å². The van der Waals surface area contributed by atoms with Gasteiger partial charge in [0.1, 0.15) is 0 Å². The van der Waals surface area contributed by atoms with Gasteiger partial charge in [-0.25, -0.2) is 0 Å². The molecule has 0 saturated heterocycles. The highest BCUT2D eigenvalue weighted by Gasteiger charge is 2.31. The molecule has 0 aromatic heterocycles. The first-order valence-corrected chi connectivity index (χ1v) is 7.35. The zero-order valence-electron chi connectivity index (χ0n) is 11.6. The third kappa shape index (κ3) is 5.36. The molecule has 0 heterocycles. The summed E-state index contributed by atoms with van der Waals surface area (Å²) >= 11 is 0. The van der Waals surface area contributed by atoms with Crippen LogP contribution in [0.5, 0.6) is 0 Å². The van der Waals surface area contributed by atoms with Gasteiger partial charge in [0.25, 0.3) is 0 Å². The number of hydrogen-bond acceptors (Lipinski definition) is 3. The van der Waals surface area contributed by atoms with E-state index in [1.165, 1.54) is 6.42 Å². The molecule has 1 saturated carbocycles. The summed E-state index contributed by atoms with van der Waals surface area (Å²) in [6.07, 6.45) is 6.43. The van der Waals surface area contributed by atoms with Gasteiger partial charge < -0.3 is 15.8 Å². The zero-order chi connectivity index (χ0) is 13.2. The summed E-state index contributed by atoms with van der Waals surface area (Å²) in [5.41, 5.74) is 5.68. The Hall–Kier alpha value is -0.610. The third-order valence-corrected chi connectivity index (χ3v) is 3.71. The van der Waals surface area contributed by atoms with E-state index in [0.717, 1.165) is 51.9 Å². The number of rotatable bonds is 9. The van der Waals surface area contributed by atoms with E-state index in [-0.39, 0.29) is 11.8 Å². The summed E-state index contributed by atoms with van der Waals surface area (Å²) in [4.78, 5) is 11.9. The lowest BCUT2D eigenvalue weighted by Crippen LogP contribution is -2.35. The molecular weight excluding hydrogens is 228 g/mol. The van der Waals surface area contributed by atoms with Crippen molar-refractivity contribution in [3.05, 3.63) is 0 Å². The smallest absolute Gasteiger partial charge is 0.223 e. The van der Waals surface area contributed by atoms with E-state index in [1.54, 1.807) is 0 Å². The average molecular weight is 256 g/mol. The molecular formula is C14H28N2O2. The Kier molecular flexibility index (Phi) is 8.01. The van der Waals surface area contributed by atoms with Crippen LogP contribution in [0.25, 0.3) is 0 Å². The van der Waals surface area contributed by atoms with E-state index in [0.29, 0.717) is 12.5 Å². The molecule has 18 heavy (non-hydrogen) atoms. The van der Waals surface area contributed by atoms with Crippen molar-refractivity contribution in [2.45, 2.75) is 45.4 Å². The van der Waals surface area contributed by atoms with Crippen LogP contribution in [0.15, 0.2) is 0 Å². The van der Waals surface area contributed by atoms with E-state index in [4.69, 9.17) is 10.5 Å². The molecule has 0 aromatic carbocycles. The van der Waals surface area contributed by atoms with E-state index < -0.39 is 0 Å². The minimum absolute atomic E-state index is 0.149. The van der Waals surface area contributed by atoms with Crippen LogP contribution in [0.4, 0.5) is 0 Å². The molecule has 2 atom stereocenters. The van der Waals surface area contributed by atoms with Crippen molar-refractivity contribution >= 4 is 5.91 Å².